The van der Waals surface area contributed by atoms with Crippen molar-refractivity contribution in [3.63, 3.8) is 0 Å². The highest BCUT2D eigenvalue weighted by atomic mass is 19.1. The Morgan fingerprint density at radius 3 is 2.61 bits per heavy atom. The molecule has 0 aromatic heterocycles. The number of halogens is 1. The number of benzene rings is 1. The minimum atomic E-state index is -1.75. The van der Waals surface area contributed by atoms with Crippen molar-refractivity contribution in [3.05, 3.63) is 29.6 Å². The summed E-state index contributed by atoms with van der Waals surface area (Å²) in [6.07, 6.45) is 6.23. The van der Waals surface area contributed by atoms with Crippen LogP contribution in [0.15, 0.2) is 18.2 Å². The molecule has 1 aromatic rings. The predicted molar refractivity (Wildman–Crippen MR) is 69.9 cm³/mol. The molecular formula is C13H19BFNO2. The standard InChI is InChI=1S/C13H19BFNO2/c15-13-7-6-10(8-12(13)14(17)18)9-16-11-4-2-1-3-5-11/h6-8,11,16-18H,1-5,9H2. The third-order valence-electron chi connectivity index (χ3n) is 3.54. The molecule has 3 nitrogen and oxygen atoms in total. The summed E-state index contributed by atoms with van der Waals surface area (Å²) < 4.78 is 13.3. The van der Waals surface area contributed by atoms with Crippen LogP contribution in [0.2, 0.25) is 0 Å². The van der Waals surface area contributed by atoms with E-state index in [0.29, 0.717) is 12.6 Å². The highest BCUT2D eigenvalue weighted by Gasteiger charge is 2.17. The van der Waals surface area contributed by atoms with Crippen LogP contribution in [-0.4, -0.2) is 23.2 Å². The average Bonchev–Trinajstić information content (AvgIpc) is 2.38. The van der Waals surface area contributed by atoms with Gasteiger partial charge >= 0.3 is 7.12 Å². The van der Waals surface area contributed by atoms with E-state index in [0.717, 1.165) is 5.56 Å². The normalized spacial score (nSPS) is 16.8. The van der Waals surface area contributed by atoms with Crippen molar-refractivity contribution in [3.8, 4) is 0 Å². The molecule has 1 aromatic carbocycles. The van der Waals surface area contributed by atoms with E-state index in [9.17, 15) is 4.39 Å². The Balaban J connectivity index is 1.94. The maximum absolute atomic E-state index is 13.3. The van der Waals surface area contributed by atoms with Crippen LogP contribution in [0, 0.1) is 5.82 Å². The van der Waals surface area contributed by atoms with Crippen LogP contribution in [0.3, 0.4) is 0 Å². The fraction of sp³-hybridized carbons (Fsp3) is 0.538. The van der Waals surface area contributed by atoms with Gasteiger partial charge in [0.1, 0.15) is 5.82 Å². The van der Waals surface area contributed by atoms with Crippen LogP contribution in [0.1, 0.15) is 37.7 Å². The maximum Gasteiger partial charge on any atom is 0.491 e. The number of hydrogen-bond acceptors (Lipinski definition) is 3. The third kappa shape index (κ3) is 3.54. The van der Waals surface area contributed by atoms with Crippen molar-refractivity contribution in [1.82, 2.24) is 5.32 Å². The van der Waals surface area contributed by atoms with E-state index in [-0.39, 0.29) is 5.46 Å². The minimum absolute atomic E-state index is 0.0575. The van der Waals surface area contributed by atoms with Crippen LogP contribution in [-0.2, 0) is 6.54 Å². The number of rotatable bonds is 4. The monoisotopic (exact) mass is 251 g/mol. The van der Waals surface area contributed by atoms with Crippen molar-refractivity contribution in [2.24, 2.45) is 0 Å². The zero-order valence-electron chi connectivity index (χ0n) is 10.4. The first-order chi connectivity index (χ1) is 8.66. The lowest BCUT2D eigenvalue weighted by atomic mass is 9.79. The van der Waals surface area contributed by atoms with Gasteiger partial charge in [0.2, 0.25) is 0 Å². The highest BCUT2D eigenvalue weighted by molar-refractivity contribution is 6.58. The summed E-state index contributed by atoms with van der Waals surface area (Å²) in [5.41, 5.74) is 0.822. The fourth-order valence-electron chi connectivity index (χ4n) is 2.47. The van der Waals surface area contributed by atoms with Crippen LogP contribution in [0.5, 0.6) is 0 Å². The molecule has 0 radical (unpaired) electrons. The Morgan fingerprint density at radius 1 is 1.22 bits per heavy atom. The molecule has 0 unspecified atom stereocenters. The lowest BCUT2D eigenvalue weighted by Crippen LogP contribution is -2.34. The molecule has 0 heterocycles. The molecule has 1 aliphatic carbocycles. The first-order valence-corrected chi connectivity index (χ1v) is 6.54. The molecule has 1 aliphatic rings. The van der Waals surface area contributed by atoms with E-state index in [1.165, 1.54) is 44.2 Å². The molecule has 0 aliphatic heterocycles. The van der Waals surface area contributed by atoms with Crippen molar-refractivity contribution in [2.75, 3.05) is 0 Å². The van der Waals surface area contributed by atoms with Gasteiger partial charge in [-0.3, -0.25) is 0 Å². The molecule has 5 heteroatoms. The Hall–Kier alpha value is -0.905. The second kappa shape index (κ2) is 6.32. The summed E-state index contributed by atoms with van der Waals surface area (Å²) in [6.45, 7) is 0.644. The van der Waals surface area contributed by atoms with Gasteiger partial charge in [0.25, 0.3) is 0 Å². The van der Waals surface area contributed by atoms with Crippen LogP contribution in [0.4, 0.5) is 4.39 Å². The maximum atomic E-state index is 13.3. The molecule has 0 saturated heterocycles. The van der Waals surface area contributed by atoms with Gasteiger partial charge in [-0.05, 0) is 24.5 Å². The molecular weight excluding hydrogens is 232 g/mol. The molecule has 1 saturated carbocycles. The fourth-order valence-corrected chi connectivity index (χ4v) is 2.47. The Bertz CT molecular complexity index is 395. The van der Waals surface area contributed by atoms with Crippen molar-refractivity contribution < 1.29 is 14.4 Å². The molecule has 0 atom stereocenters. The van der Waals surface area contributed by atoms with Crippen LogP contribution < -0.4 is 10.8 Å². The van der Waals surface area contributed by atoms with Gasteiger partial charge < -0.3 is 15.4 Å². The van der Waals surface area contributed by atoms with E-state index >= 15 is 0 Å². The molecule has 3 N–H and O–H groups in total. The largest absolute Gasteiger partial charge is 0.491 e. The summed E-state index contributed by atoms with van der Waals surface area (Å²) in [4.78, 5) is 0. The van der Waals surface area contributed by atoms with Gasteiger partial charge in [0, 0.05) is 18.0 Å². The zero-order chi connectivity index (χ0) is 13.0. The SMILES string of the molecule is OB(O)c1cc(CNC2CCCCC2)ccc1F. The van der Waals surface area contributed by atoms with E-state index in [2.05, 4.69) is 5.32 Å². The van der Waals surface area contributed by atoms with Gasteiger partial charge in [-0.2, -0.15) is 0 Å². The third-order valence-corrected chi connectivity index (χ3v) is 3.54. The van der Waals surface area contributed by atoms with Gasteiger partial charge in [-0.1, -0.05) is 31.4 Å². The van der Waals surface area contributed by atoms with Gasteiger partial charge in [0.15, 0.2) is 0 Å². The van der Waals surface area contributed by atoms with Crippen molar-refractivity contribution >= 4 is 12.6 Å². The van der Waals surface area contributed by atoms with Gasteiger partial charge in [-0.25, -0.2) is 4.39 Å². The first-order valence-electron chi connectivity index (χ1n) is 6.54. The highest BCUT2D eigenvalue weighted by Crippen LogP contribution is 2.17. The van der Waals surface area contributed by atoms with E-state index in [1.807, 2.05) is 0 Å². The van der Waals surface area contributed by atoms with Crippen LogP contribution >= 0.6 is 0 Å². The zero-order valence-corrected chi connectivity index (χ0v) is 10.4. The van der Waals surface area contributed by atoms with Gasteiger partial charge in [0.05, 0.1) is 0 Å². The molecule has 2 rings (SSSR count). The molecule has 0 amide bonds. The second-order valence-electron chi connectivity index (χ2n) is 4.95. The summed E-state index contributed by atoms with van der Waals surface area (Å²) in [6, 6.07) is 5.01. The number of hydrogen-bond donors (Lipinski definition) is 3. The van der Waals surface area contributed by atoms with Crippen molar-refractivity contribution in [2.45, 2.75) is 44.7 Å². The van der Waals surface area contributed by atoms with Crippen molar-refractivity contribution in [1.29, 1.82) is 0 Å². The Morgan fingerprint density at radius 2 is 1.94 bits per heavy atom. The average molecular weight is 251 g/mol. The smallest absolute Gasteiger partial charge is 0.423 e. The topological polar surface area (TPSA) is 52.5 Å². The Kier molecular flexibility index (Phi) is 4.75. The predicted octanol–water partition coefficient (Wildman–Crippen LogP) is 0.928. The molecule has 0 bridgehead atoms. The molecule has 18 heavy (non-hydrogen) atoms. The molecule has 0 spiro atoms. The number of nitrogens with one attached hydrogen (secondary N) is 1. The summed E-state index contributed by atoms with van der Waals surface area (Å²) in [5, 5.41) is 21.5. The first kappa shape index (κ1) is 13.5. The minimum Gasteiger partial charge on any atom is -0.423 e. The Labute approximate surface area is 107 Å². The van der Waals surface area contributed by atoms with E-state index < -0.39 is 12.9 Å². The summed E-state index contributed by atoms with van der Waals surface area (Å²) in [7, 11) is -1.75. The molecule has 1 fully saturated rings. The van der Waals surface area contributed by atoms with E-state index in [4.69, 9.17) is 10.0 Å². The van der Waals surface area contributed by atoms with E-state index in [1.54, 1.807) is 6.07 Å². The summed E-state index contributed by atoms with van der Waals surface area (Å²) >= 11 is 0. The van der Waals surface area contributed by atoms with Crippen LogP contribution in [0.25, 0.3) is 0 Å². The molecule has 98 valence electrons. The quantitative estimate of drug-likeness (QED) is 0.698. The lowest BCUT2D eigenvalue weighted by Gasteiger charge is -2.23. The lowest BCUT2D eigenvalue weighted by molar-refractivity contribution is 0.372. The second-order valence-corrected chi connectivity index (χ2v) is 4.95. The van der Waals surface area contributed by atoms with Gasteiger partial charge in [-0.15, -0.1) is 0 Å². The summed E-state index contributed by atoms with van der Waals surface area (Å²) in [5.74, 6) is -0.577.